The molecule has 2 aromatic rings. The van der Waals surface area contributed by atoms with E-state index in [9.17, 15) is 8.42 Å². The number of nitrogen functional groups attached to an aromatic ring is 1. The smallest absolute Gasteiger partial charge is 0.263 e. The molecular weight excluding hydrogens is 278 g/mol. The van der Waals surface area contributed by atoms with E-state index in [1.54, 1.807) is 25.3 Å². The molecule has 0 radical (unpaired) electrons. The third-order valence-corrected chi connectivity index (χ3v) is 4.08. The molecule has 106 valence electrons. The maximum Gasteiger partial charge on any atom is 0.263 e. The first-order valence-corrected chi connectivity index (χ1v) is 7.29. The summed E-state index contributed by atoms with van der Waals surface area (Å²) >= 11 is 0. The lowest BCUT2D eigenvalue weighted by Crippen LogP contribution is -2.13. The Hall–Kier alpha value is -2.28. The number of methoxy groups -OCH3 is 1. The molecule has 0 saturated carbocycles. The number of hydrogen-bond acceptors (Lipinski definition) is 5. The maximum atomic E-state index is 12.2. The molecule has 0 amide bonds. The zero-order valence-corrected chi connectivity index (χ0v) is 11.9. The fraction of sp³-hybridized carbons (Fsp3) is 0.154. The van der Waals surface area contributed by atoms with Gasteiger partial charge in [-0.05, 0) is 42.8 Å². The van der Waals surface area contributed by atoms with Crippen LogP contribution in [0, 0.1) is 6.92 Å². The molecule has 0 aliphatic heterocycles. The second kappa shape index (κ2) is 5.38. The molecule has 3 N–H and O–H groups in total. The van der Waals surface area contributed by atoms with Crippen molar-refractivity contribution in [2.45, 2.75) is 11.8 Å². The van der Waals surface area contributed by atoms with Crippen molar-refractivity contribution in [3.63, 3.8) is 0 Å². The van der Waals surface area contributed by atoms with E-state index in [-0.39, 0.29) is 10.7 Å². The van der Waals surface area contributed by atoms with Crippen molar-refractivity contribution in [3.8, 4) is 5.75 Å². The van der Waals surface area contributed by atoms with Gasteiger partial charge in [0.1, 0.15) is 16.5 Å². The quantitative estimate of drug-likeness (QED) is 0.896. The lowest BCUT2D eigenvalue weighted by atomic mass is 10.2. The summed E-state index contributed by atoms with van der Waals surface area (Å²) in [6.07, 6.45) is 1.22. The van der Waals surface area contributed by atoms with Gasteiger partial charge in [0.2, 0.25) is 0 Å². The topological polar surface area (TPSA) is 94.3 Å². The third kappa shape index (κ3) is 3.00. The Morgan fingerprint density at radius 3 is 2.55 bits per heavy atom. The van der Waals surface area contributed by atoms with Crippen molar-refractivity contribution < 1.29 is 13.2 Å². The van der Waals surface area contributed by atoms with Gasteiger partial charge >= 0.3 is 0 Å². The average molecular weight is 293 g/mol. The number of ether oxygens (including phenoxy) is 1. The van der Waals surface area contributed by atoms with Crippen LogP contribution >= 0.6 is 0 Å². The van der Waals surface area contributed by atoms with E-state index in [1.807, 2.05) is 6.92 Å². The lowest BCUT2D eigenvalue weighted by molar-refractivity contribution is 0.412. The number of aryl methyl sites for hydroxylation is 1. The van der Waals surface area contributed by atoms with E-state index in [4.69, 9.17) is 10.5 Å². The van der Waals surface area contributed by atoms with Crippen LogP contribution in [0.2, 0.25) is 0 Å². The van der Waals surface area contributed by atoms with Gasteiger partial charge in [-0.25, -0.2) is 13.4 Å². The highest BCUT2D eigenvalue weighted by molar-refractivity contribution is 7.92. The van der Waals surface area contributed by atoms with Gasteiger partial charge in [0.05, 0.1) is 7.11 Å². The number of nitrogens with zero attached hydrogens (tertiary/aromatic N) is 1. The van der Waals surface area contributed by atoms with Gasteiger partial charge < -0.3 is 10.5 Å². The molecule has 1 aromatic carbocycles. The third-order valence-electron chi connectivity index (χ3n) is 2.72. The normalized spacial score (nSPS) is 11.1. The van der Waals surface area contributed by atoms with Crippen molar-refractivity contribution in [1.82, 2.24) is 4.98 Å². The van der Waals surface area contributed by atoms with Gasteiger partial charge in [-0.15, -0.1) is 0 Å². The molecule has 0 aliphatic rings. The molecule has 0 spiro atoms. The first kappa shape index (κ1) is 14.1. The largest absolute Gasteiger partial charge is 0.496 e. The minimum absolute atomic E-state index is 0.0557. The molecular formula is C13H15N3O3S. The number of benzene rings is 1. The zero-order chi connectivity index (χ0) is 14.8. The van der Waals surface area contributed by atoms with Crippen molar-refractivity contribution in [3.05, 3.63) is 42.1 Å². The second-order valence-corrected chi connectivity index (χ2v) is 5.89. The maximum absolute atomic E-state index is 12.2. The van der Waals surface area contributed by atoms with Crippen molar-refractivity contribution in [2.24, 2.45) is 0 Å². The van der Waals surface area contributed by atoms with Crippen LogP contribution in [0.3, 0.4) is 0 Å². The lowest BCUT2D eigenvalue weighted by Gasteiger charge is -2.10. The Labute approximate surface area is 117 Å². The van der Waals surface area contributed by atoms with Crippen LogP contribution in [0.25, 0.3) is 0 Å². The number of pyridine rings is 1. The van der Waals surface area contributed by atoms with Gasteiger partial charge in [0.15, 0.2) is 0 Å². The molecule has 0 bridgehead atoms. The van der Waals surface area contributed by atoms with Gasteiger partial charge in [0.25, 0.3) is 10.0 Å². The first-order valence-electron chi connectivity index (χ1n) is 5.81. The van der Waals surface area contributed by atoms with E-state index in [2.05, 4.69) is 9.71 Å². The van der Waals surface area contributed by atoms with E-state index in [0.29, 0.717) is 11.4 Å². The Balaban J connectivity index is 2.28. The molecule has 20 heavy (non-hydrogen) atoms. The van der Waals surface area contributed by atoms with E-state index >= 15 is 0 Å². The highest BCUT2D eigenvalue weighted by atomic mass is 32.2. The summed E-state index contributed by atoms with van der Waals surface area (Å²) in [4.78, 5) is 3.83. The van der Waals surface area contributed by atoms with Gasteiger partial charge in [-0.3, -0.25) is 4.72 Å². The molecule has 7 heteroatoms. The predicted molar refractivity (Wildman–Crippen MR) is 77.2 cm³/mol. The Morgan fingerprint density at radius 1 is 1.25 bits per heavy atom. The SMILES string of the molecule is COc1ccc(NS(=O)(=O)c2ccc(N)nc2)cc1C. The minimum Gasteiger partial charge on any atom is -0.496 e. The summed E-state index contributed by atoms with van der Waals surface area (Å²) in [6, 6.07) is 7.87. The Bertz CT molecular complexity index is 712. The van der Waals surface area contributed by atoms with Crippen LogP contribution in [0.15, 0.2) is 41.4 Å². The van der Waals surface area contributed by atoms with Crippen LogP contribution in [0.5, 0.6) is 5.75 Å². The summed E-state index contributed by atoms with van der Waals surface area (Å²) in [6.45, 7) is 1.83. The van der Waals surface area contributed by atoms with Crippen molar-refractivity contribution in [1.29, 1.82) is 0 Å². The number of nitrogens with one attached hydrogen (secondary N) is 1. The first-order chi connectivity index (χ1) is 9.42. The number of aromatic nitrogens is 1. The molecule has 0 aliphatic carbocycles. The predicted octanol–water partition coefficient (Wildman–Crippen LogP) is 1.78. The van der Waals surface area contributed by atoms with Crippen molar-refractivity contribution in [2.75, 3.05) is 17.6 Å². The standard InChI is InChI=1S/C13H15N3O3S/c1-9-7-10(3-5-12(9)19-2)16-20(17,18)11-4-6-13(14)15-8-11/h3-8,16H,1-2H3,(H2,14,15). The van der Waals surface area contributed by atoms with E-state index in [1.165, 1.54) is 18.3 Å². The zero-order valence-electron chi connectivity index (χ0n) is 11.1. The fourth-order valence-electron chi connectivity index (χ4n) is 1.71. The summed E-state index contributed by atoms with van der Waals surface area (Å²) in [5.41, 5.74) is 6.73. The average Bonchev–Trinajstić information content (AvgIpc) is 2.39. The van der Waals surface area contributed by atoms with Crippen molar-refractivity contribution >= 4 is 21.5 Å². The number of nitrogens with two attached hydrogens (primary N) is 1. The molecule has 2 rings (SSSR count). The van der Waals surface area contributed by atoms with E-state index < -0.39 is 10.0 Å². The highest BCUT2D eigenvalue weighted by Gasteiger charge is 2.15. The van der Waals surface area contributed by atoms with Gasteiger partial charge in [0, 0.05) is 11.9 Å². The van der Waals surface area contributed by atoms with Gasteiger partial charge in [-0.2, -0.15) is 0 Å². The van der Waals surface area contributed by atoms with Crippen LogP contribution < -0.4 is 15.2 Å². The number of hydrogen-bond donors (Lipinski definition) is 2. The molecule has 6 nitrogen and oxygen atoms in total. The Morgan fingerprint density at radius 2 is 2.00 bits per heavy atom. The summed E-state index contributed by atoms with van der Waals surface area (Å²) in [5.74, 6) is 0.964. The molecule has 0 fully saturated rings. The monoisotopic (exact) mass is 293 g/mol. The van der Waals surface area contributed by atoms with Crippen LogP contribution in [0.1, 0.15) is 5.56 Å². The molecule has 1 aromatic heterocycles. The minimum atomic E-state index is -3.68. The highest BCUT2D eigenvalue weighted by Crippen LogP contribution is 2.23. The summed E-state index contributed by atoms with van der Waals surface area (Å²) in [7, 11) is -2.11. The molecule has 0 atom stereocenters. The van der Waals surface area contributed by atoms with Crippen LogP contribution in [0.4, 0.5) is 11.5 Å². The number of rotatable bonds is 4. The van der Waals surface area contributed by atoms with E-state index in [0.717, 1.165) is 5.56 Å². The molecule has 1 heterocycles. The molecule has 0 saturated heterocycles. The van der Waals surface area contributed by atoms with Crippen LogP contribution in [-0.2, 0) is 10.0 Å². The molecule has 0 unspecified atom stereocenters. The number of anilines is 2. The van der Waals surface area contributed by atoms with Crippen LogP contribution in [-0.4, -0.2) is 20.5 Å². The Kier molecular flexibility index (Phi) is 3.80. The fourth-order valence-corrected chi connectivity index (χ4v) is 2.70. The van der Waals surface area contributed by atoms with Gasteiger partial charge in [-0.1, -0.05) is 0 Å². The number of sulfonamides is 1. The summed E-state index contributed by atoms with van der Waals surface area (Å²) in [5, 5.41) is 0. The summed E-state index contributed by atoms with van der Waals surface area (Å²) < 4.78 is 31.9. The second-order valence-electron chi connectivity index (χ2n) is 4.21.